The summed E-state index contributed by atoms with van der Waals surface area (Å²) in [6, 6.07) is 12.0. The van der Waals surface area contributed by atoms with E-state index in [4.69, 9.17) is 21.1 Å². The fraction of sp³-hybridized carbons (Fsp3) is 0.417. The highest BCUT2D eigenvalue weighted by atomic mass is 35.5. The average Bonchev–Trinajstić information content (AvgIpc) is 3.21. The van der Waals surface area contributed by atoms with Crippen molar-refractivity contribution in [2.45, 2.75) is 26.1 Å². The Morgan fingerprint density at radius 2 is 1.82 bits per heavy atom. The summed E-state index contributed by atoms with van der Waals surface area (Å²) in [4.78, 5) is 25.0. The molecule has 2 fully saturated rings. The Morgan fingerprint density at radius 1 is 1.18 bits per heavy atom. The maximum absolute atomic E-state index is 14.4. The van der Waals surface area contributed by atoms with Crippen molar-refractivity contribution in [3.05, 3.63) is 59.7 Å². The lowest BCUT2D eigenvalue weighted by Crippen LogP contribution is -2.44. The van der Waals surface area contributed by atoms with Crippen LogP contribution in [0.1, 0.15) is 18.9 Å². The average molecular weight is 496 g/mol. The Balaban J connectivity index is 0.000000229. The minimum absolute atomic E-state index is 0.0233. The number of carbonyl (C=O) groups excluding carboxylic acids is 2. The number of hydrogen-bond acceptors (Lipinski definition) is 6. The van der Waals surface area contributed by atoms with Crippen LogP contribution >= 0.6 is 11.6 Å². The van der Waals surface area contributed by atoms with E-state index in [9.17, 15) is 18.4 Å². The minimum atomic E-state index is -0.648. The molecule has 2 heterocycles. The van der Waals surface area contributed by atoms with E-state index in [1.807, 2.05) is 37.3 Å². The number of halogens is 3. The first-order valence-electron chi connectivity index (χ1n) is 11.1. The van der Waals surface area contributed by atoms with Gasteiger partial charge >= 0.3 is 6.09 Å². The van der Waals surface area contributed by atoms with E-state index in [1.165, 1.54) is 17.0 Å². The molecule has 4 rings (SSSR count). The van der Waals surface area contributed by atoms with Gasteiger partial charge in [-0.25, -0.2) is 13.6 Å². The summed E-state index contributed by atoms with van der Waals surface area (Å²) >= 11 is 5.08. The lowest BCUT2D eigenvalue weighted by molar-refractivity contribution is -0.116. The molecule has 1 amide bonds. The summed E-state index contributed by atoms with van der Waals surface area (Å²) in [5.74, 6) is -1.30. The standard InChI is InChI=1S/C15H19F2N3O2.C9H9ClO2/c1-2-11-9-20(15(21)22-11)10-7-12(16)14(13(17)8-10)19-5-3-18-4-6-19;10-9(11)7-12-6-8-4-2-1-3-5-8/h7-8,11,18H,2-6,9H2,1H3;1-5H,6-7H2/t11-;/m0./s1. The van der Waals surface area contributed by atoms with Gasteiger partial charge in [0.15, 0.2) is 11.6 Å². The lowest BCUT2D eigenvalue weighted by atomic mass is 10.2. The molecule has 34 heavy (non-hydrogen) atoms. The first-order valence-corrected chi connectivity index (χ1v) is 11.5. The minimum Gasteiger partial charge on any atom is -0.444 e. The number of anilines is 2. The number of amides is 1. The van der Waals surface area contributed by atoms with Gasteiger partial charge in [0, 0.05) is 38.3 Å². The van der Waals surface area contributed by atoms with Crippen molar-refractivity contribution in [3.8, 4) is 0 Å². The van der Waals surface area contributed by atoms with E-state index in [0.29, 0.717) is 45.8 Å². The summed E-state index contributed by atoms with van der Waals surface area (Å²) in [6.45, 7) is 5.11. The van der Waals surface area contributed by atoms with Crippen LogP contribution in [-0.4, -0.2) is 56.8 Å². The predicted octanol–water partition coefficient (Wildman–Crippen LogP) is 4.08. The second-order valence-corrected chi connectivity index (χ2v) is 8.27. The molecule has 0 aliphatic carbocycles. The molecule has 2 aliphatic heterocycles. The van der Waals surface area contributed by atoms with Crippen LogP contribution in [0.5, 0.6) is 0 Å². The van der Waals surface area contributed by atoms with Gasteiger partial charge in [-0.05, 0) is 23.6 Å². The van der Waals surface area contributed by atoms with Gasteiger partial charge in [0.25, 0.3) is 0 Å². The third-order valence-corrected chi connectivity index (χ3v) is 5.51. The van der Waals surface area contributed by atoms with Crippen LogP contribution < -0.4 is 15.1 Å². The summed E-state index contributed by atoms with van der Waals surface area (Å²) in [5, 5.41) is 2.67. The molecule has 7 nitrogen and oxygen atoms in total. The van der Waals surface area contributed by atoms with Crippen molar-refractivity contribution in [1.82, 2.24) is 5.32 Å². The van der Waals surface area contributed by atoms with Gasteiger partial charge < -0.3 is 19.7 Å². The molecule has 184 valence electrons. The SMILES string of the molecule is CC[C@H]1CN(c2cc(F)c(N3CCNCC3)c(F)c2)C(=O)O1.O=C(Cl)COCc1ccccc1. The molecular formula is C24H28ClF2N3O4. The number of benzene rings is 2. The lowest BCUT2D eigenvalue weighted by Gasteiger charge is -2.30. The van der Waals surface area contributed by atoms with E-state index in [2.05, 4.69) is 5.32 Å². The molecule has 0 bridgehead atoms. The van der Waals surface area contributed by atoms with E-state index in [0.717, 1.165) is 5.56 Å². The number of nitrogens with zero attached hydrogens (tertiary/aromatic N) is 2. The smallest absolute Gasteiger partial charge is 0.414 e. The second-order valence-electron chi connectivity index (χ2n) is 7.85. The van der Waals surface area contributed by atoms with Crippen molar-refractivity contribution in [3.63, 3.8) is 0 Å². The Kier molecular flexibility index (Phi) is 9.62. The number of ether oxygens (including phenoxy) is 2. The van der Waals surface area contributed by atoms with Crippen LogP contribution in [0.25, 0.3) is 0 Å². The third-order valence-electron chi connectivity index (χ3n) is 5.40. The van der Waals surface area contributed by atoms with Crippen molar-refractivity contribution in [2.75, 3.05) is 49.1 Å². The number of nitrogens with one attached hydrogen (secondary N) is 1. The van der Waals surface area contributed by atoms with Crippen molar-refractivity contribution < 1.29 is 27.8 Å². The Bertz CT molecular complexity index is 951. The molecule has 0 spiro atoms. The fourth-order valence-corrected chi connectivity index (χ4v) is 3.74. The monoisotopic (exact) mass is 495 g/mol. The molecule has 0 saturated carbocycles. The van der Waals surface area contributed by atoms with Crippen molar-refractivity contribution >= 4 is 34.3 Å². The number of piperazine rings is 1. The normalized spacial score (nSPS) is 17.8. The zero-order valence-electron chi connectivity index (χ0n) is 18.9. The summed E-state index contributed by atoms with van der Waals surface area (Å²) < 4.78 is 38.9. The zero-order valence-corrected chi connectivity index (χ0v) is 19.7. The quantitative estimate of drug-likeness (QED) is 0.584. The molecule has 2 saturated heterocycles. The van der Waals surface area contributed by atoms with Crippen LogP contribution in [0.2, 0.25) is 0 Å². The van der Waals surface area contributed by atoms with E-state index in [-0.39, 0.29) is 24.1 Å². The van der Waals surface area contributed by atoms with E-state index in [1.54, 1.807) is 4.90 Å². The maximum atomic E-state index is 14.4. The molecule has 0 unspecified atom stereocenters. The van der Waals surface area contributed by atoms with Gasteiger partial charge in [-0.2, -0.15) is 0 Å². The second kappa shape index (κ2) is 12.6. The molecule has 0 aromatic heterocycles. The molecule has 10 heteroatoms. The molecule has 1 atom stereocenters. The van der Waals surface area contributed by atoms with E-state index >= 15 is 0 Å². The largest absolute Gasteiger partial charge is 0.444 e. The van der Waals surface area contributed by atoms with Gasteiger partial charge in [-0.15, -0.1) is 0 Å². The highest BCUT2D eigenvalue weighted by molar-refractivity contribution is 6.63. The molecule has 0 radical (unpaired) electrons. The van der Waals surface area contributed by atoms with Crippen LogP contribution in [0.3, 0.4) is 0 Å². The highest BCUT2D eigenvalue weighted by Crippen LogP contribution is 2.31. The van der Waals surface area contributed by atoms with Crippen LogP contribution in [0.15, 0.2) is 42.5 Å². The van der Waals surface area contributed by atoms with Gasteiger partial charge in [0.1, 0.15) is 18.4 Å². The number of cyclic esters (lactones) is 1. The van der Waals surface area contributed by atoms with Gasteiger partial charge in [0.05, 0.1) is 18.8 Å². The Hall–Kier alpha value is -2.75. The van der Waals surface area contributed by atoms with Crippen molar-refractivity contribution in [2.24, 2.45) is 0 Å². The van der Waals surface area contributed by atoms with Gasteiger partial charge in [-0.3, -0.25) is 9.69 Å². The number of carbonyl (C=O) groups is 2. The summed E-state index contributed by atoms with van der Waals surface area (Å²) in [6.07, 6.45) is -0.112. The van der Waals surface area contributed by atoms with Gasteiger partial charge in [-0.1, -0.05) is 37.3 Å². The summed E-state index contributed by atoms with van der Waals surface area (Å²) in [7, 11) is 0. The van der Waals surface area contributed by atoms with Crippen molar-refractivity contribution in [1.29, 1.82) is 0 Å². The zero-order chi connectivity index (χ0) is 24.5. The Morgan fingerprint density at radius 3 is 2.38 bits per heavy atom. The number of hydrogen-bond donors (Lipinski definition) is 1. The van der Waals surface area contributed by atoms with Crippen LogP contribution in [0, 0.1) is 11.6 Å². The molecular weight excluding hydrogens is 468 g/mol. The fourth-order valence-electron chi connectivity index (χ4n) is 3.67. The topological polar surface area (TPSA) is 71.1 Å². The number of rotatable bonds is 7. The first kappa shape index (κ1) is 25.9. The molecule has 2 aromatic rings. The first-order chi connectivity index (χ1) is 16.4. The van der Waals surface area contributed by atoms with Crippen LogP contribution in [-0.2, 0) is 20.9 Å². The van der Waals surface area contributed by atoms with E-state index < -0.39 is 23.0 Å². The Labute approximate surface area is 202 Å². The van der Waals surface area contributed by atoms with Crippen LogP contribution in [0.4, 0.5) is 25.0 Å². The highest BCUT2D eigenvalue weighted by Gasteiger charge is 2.32. The maximum Gasteiger partial charge on any atom is 0.414 e. The summed E-state index contributed by atoms with van der Waals surface area (Å²) in [5.41, 5.74) is 1.22. The third kappa shape index (κ3) is 7.12. The molecule has 2 aromatic carbocycles. The predicted molar refractivity (Wildman–Crippen MR) is 126 cm³/mol. The van der Waals surface area contributed by atoms with Gasteiger partial charge in [0.2, 0.25) is 5.24 Å². The molecule has 2 aliphatic rings. The molecule has 1 N–H and O–H groups in total.